The Morgan fingerprint density at radius 1 is 0.551 bits per heavy atom. The summed E-state index contributed by atoms with van der Waals surface area (Å²) in [4.78, 5) is 28.8. The summed E-state index contributed by atoms with van der Waals surface area (Å²) in [5, 5.41) is 31.3. The number of nitriles is 2. The summed E-state index contributed by atoms with van der Waals surface area (Å²) in [6.07, 6.45) is 1.29. The average molecular weight is 1150 g/mol. The maximum Gasteiger partial charge on any atom is 0.314 e. The van der Waals surface area contributed by atoms with Crippen molar-refractivity contribution in [2.45, 2.75) is 61.4 Å². The van der Waals surface area contributed by atoms with Crippen molar-refractivity contribution in [3.8, 4) is 12.1 Å². The molecule has 4 amide bonds. The molecule has 0 saturated carbocycles. The fraction of sp³-hybridized carbons (Fsp3) is 0.481. The van der Waals surface area contributed by atoms with Gasteiger partial charge in [-0.2, -0.15) is 10.5 Å². The van der Waals surface area contributed by atoms with E-state index in [1.165, 1.54) is 0 Å². The second kappa shape index (κ2) is 30.2. The van der Waals surface area contributed by atoms with E-state index in [9.17, 15) is 36.9 Å². The van der Waals surface area contributed by atoms with Crippen molar-refractivity contribution in [3.05, 3.63) is 126 Å². The maximum atomic E-state index is 13.4. The van der Waals surface area contributed by atoms with Crippen LogP contribution in [0.3, 0.4) is 0 Å². The molecular weight excluding hydrogens is 1080 g/mol. The number of halogens is 2. The molecule has 0 bridgehead atoms. The fourth-order valence-electron chi connectivity index (χ4n) is 9.34. The third-order valence-electron chi connectivity index (χ3n) is 13.2. The van der Waals surface area contributed by atoms with Gasteiger partial charge in [0.05, 0.1) is 85.9 Å². The van der Waals surface area contributed by atoms with Crippen molar-refractivity contribution in [2.75, 3.05) is 119 Å². The summed E-state index contributed by atoms with van der Waals surface area (Å²) >= 11 is 12.7. The molecule has 4 aromatic carbocycles. The van der Waals surface area contributed by atoms with Crippen LogP contribution in [0.15, 0.2) is 70.5 Å². The van der Waals surface area contributed by atoms with Crippen LogP contribution in [0, 0.1) is 36.5 Å². The Morgan fingerprint density at radius 3 is 1.28 bits per heavy atom. The zero-order chi connectivity index (χ0) is 56.2. The van der Waals surface area contributed by atoms with Gasteiger partial charge >= 0.3 is 12.1 Å². The third kappa shape index (κ3) is 18.0. The van der Waals surface area contributed by atoms with Crippen molar-refractivity contribution >= 4 is 55.3 Å². The number of unbranched alkanes of at least 4 members (excludes halogenated alkanes) is 1. The molecule has 4 aromatic rings. The number of hydrogen-bond acceptors (Lipinski definition) is 14. The first-order chi connectivity index (χ1) is 37.4. The monoisotopic (exact) mass is 1150 g/mol. The van der Waals surface area contributed by atoms with Crippen LogP contribution in [0.5, 0.6) is 0 Å². The van der Waals surface area contributed by atoms with E-state index in [2.05, 4.69) is 52.6 Å². The first-order valence-electron chi connectivity index (χ1n) is 25.8. The number of ether oxygens (including phenoxy) is 4. The van der Waals surface area contributed by atoms with Gasteiger partial charge in [0.15, 0.2) is 0 Å². The highest BCUT2D eigenvalue weighted by Crippen LogP contribution is 2.39. The number of urea groups is 2. The van der Waals surface area contributed by atoms with Crippen molar-refractivity contribution < 1.29 is 45.4 Å². The van der Waals surface area contributed by atoms with Crippen molar-refractivity contribution in [3.63, 3.8) is 0 Å². The third-order valence-corrected chi connectivity index (χ3v) is 16.8. The minimum atomic E-state index is -3.86. The average Bonchev–Trinajstić information content (AvgIpc) is 3.54. The van der Waals surface area contributed by atoms with Crippen molar-refractivity contribution in [1.82, 2.24) is 40.5 Å². The van der Waals surface area contributed by atoms with Gasteiger partial charge in [0.2, 0.25) is 20.0 Å². The molecule has 0 saturated heterocycles. The summed E-state index contributed by atoms with van der Waals surface area (Å²) in [6, 6.07) is 21.7. The van der Waals surface area contributed by atoms with Crippen LogP contribution in [-0.2, 0) is 52.1 Å². The molecule has 6 rings (SSSR count). The molecule has 2 aliphatic heterocycles. The minimum absolute atomic E-state index is 0.0579. The number of rotatable bonds is 29. The van der Waals surface area contributed by atoms with Gasteiger partial charge in [-0.05, 0) is 122 Å². The highest BCUT2D eigenvalue weighted by molar-refractivity contribution is 7.89. The summed E-state index contributed by atoms with van der Waals surface area (Å²) in [7, 11) is -3.78. The molecule has 0 fully saturated rings. The molecule has 0 spiro atoms. The molecule has 422 valence electrons. The fourth-order valence-corrected chi connectivity index (χ4v) is 12.4. The number of benzene rings is 4. The lowest BCUT2D eigenvalue weighted by molar-refractivity contribution is 0.0516. The summed E-state index contributed by atoms with van der Waals surface area (Å²) in [5.74, 6) is -0.335. The Hall–Kier alpha value is -5.44. The Balaban J connectivity index is 0.728. The summed E-state index contributed by atoms with van der Waals surface area (Å²) in [6.45, 7) is 9.22. The van der Waals surface area contributed by atoms with E-state index in [1.54, 1.807) is 50.2 Å². The molecule has 6 N–H and O–H groups in total. The Morgan fingerprint density at radius 2 is 0.910 bits per heavy atom. The van der Waals surface area contributed by atoms with Crippen LogP contribution in [0.2, 0.25) is 10.0 Å². The predicted molar refractivity (Wildman–Crippen MR) is 297 cm³/mol. The first-order valence-corrected chi connectivity index (χ1v) is 29.5. The SMILES string of the molecule is Cc1ccc(C2CN(C)Cc3c(C#N)cc(Cl)cc32)cc1S(=O)(=O)NCCOCCOCCNC(=O)NCCCCNC(=O)NCCOCCOCCNS(=O)(=O)c1cc(C2CN(C)Cc3c(C#N)cc(Cl)cc32)ccc1C. The molecular formula is C54H70Cl2N10O10S2. The van der Waals surface area contributed by atoms with Crippen LogP contribution < -0.4 is 30.7 Å². The normalized spacial score (nSPS) is 15.6. The zero-order valence-electron chi connectivity index (χ0n) is 44.5. The van der Waals surface area contributed by atoms with Gasteiger partial charge in [0.1, 0.15) is 0 Å². The molecule has 2 aliphatic rings. The van der Waals surface area contributed by atoms with Gasteiger partial charge in [-0.3, -0.25) is 0 Å². The molecule has 78 heavy (non-hydrogen) atoms. The van der Waals surface area contributed by atoms with Crippen LogP contribution >= 0.6 is 23.2 Å². The second-order valence-corrected chi connectivity index (χ2v) is 23.5. The van der Waals surface area contributed by atoms with Gasteiger partial charge < -0.3 is 50.0 Å². The first kappa shape index (κ1) is 61.8. The number of nitrogens with zero attached hydrogens (tertiary/aromatic N) is 4. The zero-order valence-corrected chi connectivity index (χ0v) is 47.7. The standard InChI is InChI=1S/C54H70Cl2N10O10S2/c1-37-7-9-39(47-33-65(3)35-49-41(31-57)25-43(55)29-45(47)49)27-51(37)77(69,70)63-15-19-75-23-21-73-17-13-61-53(67)59-11-5-6-12-60-54(68)62-14-18-74-22-24-76-20-16-64-78(71,72)52-28-40(10-8-38(52)2)48-34-66(4)36-50-42(32-58)26-44(56)30-46(48)50/h7-10,25-30,47-48,63-64H,5-6,11-24,33-36H2,1-4H3,(H2,59,61,67)(H2,60,62,68). The van der Waals surface area contributed by atoms with Crippen molar-refractivity contribution in [2.24, 2.45) is 0 Å². The molecule has 2 heterocycles. The van der Waals surface area contributed by atoms with E-state index < -0.39 is 20.0 Å². The van der Waals surface area contributed by atoms with Crippen molar-refractivity contribution in [1.29, 1.82) is 10.5 Å². The van der Waals surface area contributed by atoms with E-state index in [4.69, 9.17) is 42.1 Å². The number of sulfonamides is 2. The minimum Gasteiger partial charge on any atom is -0.378 e. The predicted octanol–water partition coefficient (Wildman–Crippen LogP) is 5.21. The quantitative estimate of drug-likeness (QED) is 0.0382. The lowest BCUT2D eigenvalue weighted by atomic mass is 9.83. The molecule has 0 radical (unpaired) electrons. The van der Waals surface area contributed by atoms with Gasteiger partial charge in [-0.15, -0.1) is 0 Å². The topological polar surface area (TPSA) is 266 Å². The number of likely N-dealkylation sites (N-methyl/N-ethyl adjacent to an activating group) is 2. The highest BCUT2D eigenvalue weighted by Gasteiger charge is 2.31. The van der Waals surface area contributed by atoms with E-state index in [0.717, 1.165) is 33.4 Å². The number of carbonyl (C=O) groups excluding carboxylic acids is 2. The van der Waals surface area contributed by atoms with Crippen LogP contribution in [-0.4, -0.2) is 158 Å². The Bertz CT molecular complexity index is 2830. The molecule has 2 unspecified atom stereocenters. The lowest BCUT2D eigenvalue weighted by Gasteiger charge is -2.33. The number of fused-ring (bicyclic) bond motifs is 2. The van der Waals surface area contributed by atoms with Gasteiger partial charge in [0.25, 0.3) is 0 Å². The van der Waals surface area contributed by atoms with E-state index >= 15 is 0 Å². The van der Waals surface area contributed by atoms with E-state index in [1.807, 2.05) is 38.4 Å². The largest absolute Gasteiger partial charge is 0.378 e. The molecule has 0 aliphatic carbocycles. The number of amides is 4. The molecule has 20 nitrogen and oxygen atoms in total. The van der Waals surface area contributed by atoms with Crippen LogP contribution in [0.1, 0.15) is 80.3 Å². The van der Waals surface area contributed by atoms with Crippen LogP contribution in [0.25, 0.3) is 0 Å². The van der Waals surface area contributed by atoms with Gasteiger partial charge in [-0.25, -0.2) is 35.9 Å². The smallest absolute Gasteiger partial charge is 0.314 e. The van der Waals surface area contributed by atoms with Gasteiger partial charge in [-0.1, -0.05) is 47.5 Å². The Labute approximate surface area is 468 Å². The van der Waals surface area contributed by atoms with Crippen LogP contribution in [0.4, 0.5) is 9.59 Å². The number of nitrogens with one attached hydrogen (secondary N) is 6. The summed E-state index contributed by atoms with van der Waals surface area (Å²) in [5.41, 5.74) is 7.50. The Kier molecular flexibility index (Phi) is 23.9. The molecule has 2 atom stereocenters. The second-order valence-electron chi connectivity index (χ2n) is 19.1. The van der Waals surface area contributed by atoms with E-state index in [-0.39, 0.29) is 113 Å². The number of hydrogen-bond donors (Lipinski definition) is 6. The molecule has 24 heteroatoms. The lowest BCUT2D eigenvalue weighted by Crippen LogP contribution is -2.39. The highest BCUT2D eigenvalue weighted by atomic mass is 35.5. The summed E-state index contributed by atoms with van der Waals surface area (Å²) < 4.78 is 80.9. The van der Waals surface area contributed by atoms with Gasteiger partial charge in [0, 0.05) is 87.3 Å². The number of carbonyl (C=O) groups is 2. The van der Waals surface area contributed by atoms with E-state index in [0.29, 0.717) is 84.4 Å². The molecule has 0 aromatic heterocycles. The maximum absolute atomic E-state index is 13.4. The number of aryl methyl sites for hydroxylation is 2.